The topological polar surface area (TPSA) is 92.3 Å². The van der Waals surface area contributed by atoms with Crippen molar-refractivity contribution in [3.05, 3.63) is 0 Å². The van der Waals surface area contributed by atoms with Gasteiger partial charge < -0.3 is 22.8 Å². The Morgan fingerprint density at radius 3 is 1.87 bits per heavy atom. The Morgan fingerprint density at radius 1 is 0.957 bits per heavy atom. The van der Waals surface area contributed by atoms with Crippen molar-refractivity contribution >= 4 is 20.7 Å². The van der Waals surface area contributed by atoms with Gasteiger partial charge in [0.25, 0.3) is 0 Å². The van der Waals surface area contributed by atoms with Crippen molar-refractivity contribution in [3.63, 3.8) is 0 Å². The molecule has 1 N–H and O–H groups in total. The van der Waals surface area contributed by atoms with Gasteiger partial charge >= 0.3 is 20.7 Å². The fourth-order valence-electron chi connectivity index (χ4n) is 2.23. The van der Waals surface area contributed by atoms with E-state index in [0.717, 1.165) is 0 Å². The van der Waals surface area contributed by atoms with Gasteiger partial charge in [-0.2, -0.15) is 0 Å². The van der Waals surface area contributed by atoms with Gasteiger partial charge in [-0.25, -0.2) is 0 Å². The summed E-state index contributed by atoms with van der Waals surface area (Å²) in [7, 11) is 1.46. The summed E-state index contributed by atoms with van der Waals surface area (Å²) in [6, 6.07) is -0.855. The Hall–Kier alpha value is -1.00. The SMILES string of the molecule is CCOC(=O)CC(NC(CC)[Si](OC)(OC)OC)C(=O)OCC. The molecular weight excluding hydrogens is 322 g/mol. The standard InChI is InChI=1S/C14H29NO7Si/c1-7-12(23(18-4,19-5)20-6)15-11(14(17)22-9-3)10-13(16)21-8-2/h11-12,15H,7-10H2,1-6H3. The van der Waals surface area contributed by atoms with Gasteiger partial charge in [0, 0.05) is 21.3 Å². The third-order valence-electron chi connectivity index (χ3n) is 3.34. The van der Waals surface area contributed by atoms with Gasteiger partial charge in [0.15, 0.2) is 0 Å². The number of carbonyl (C=O) groups is 2. The molecular formula is C14H29NO7Si. The Bertz CT molecular complexity index is 355. The minimum Gasteiger partial charge on any atom is -0.466 e. The maximum Gasteiger partial charge on any atom is 0.518 e. The molecule has 2 unspecified atom stereocenters. The third kappa shape index (κ3) is 6.56. The Balaban J connectivity index is 5.21. The lowest BCUT2D eigenvalue weighted by Crippen LogP contribution is -2.63. The lowest BCUT2D eigenvalue weighted by molar-refractivity contribution is -0.152. The van der Waals surface area contributed by atoms with Gasteiger partial charge in [-0.3, -0.25) is 14.9 Å². The van der Waals surface area contributed by atoms with Gasteiger partial charge in [0.1, 0.15) is 6.04 Å². The maximum absolute atomic E-state index is 12.1. The lowest BCUT2D eigenvalue weighted by Gasteiger charge is -2.34. The van der Waals surface area contributed by atoms with Crippen molar-refractivity contribution in [3.8, 4) is 0 Å². The molecule has 0 radical (unpaired) electrons. The molecule has 0 rings (SSSR count). The fourth-order valence-corrected chi connectivity index (χ4v) is 4.49. The number of rotatable bonds is 12. The molecule has 0 amide bonds. The second-order valence-corrected chi connectivity index (χ2v) is 7.79. The van der Waals surface area contributed by atoms with Gasteiger partial charge in [0.2, 0.25) is 0 Å². The highest BCUT2D eigenvalue weighted by molar-refractivity contribution is 6.62. The number of carbonyl (C=O) groups excluding carboxylic acids is 2. The highest BCUT2D eigenvalue weighted by atomic mass is 28.4. The second kappa shape index (κ2) is 11.5. The van der Waals surface area contributed by atoms with Crippen molar-refractivity contribution in [2.24, 2.45) is 0 Å². The lowest BCUT2D eigenvalue weighted by atomic mass is 10.2. The second-order valence-electron chi connectivity index (χ2n) is 4.66. The minimum atomic E-state index is -3.02. The molecule has 0 aromatic carbocycles. The largest absolute Gasteiger partial charge is 0.518 e. The number of ether oxygens (including phenoxy) is 2. The number of hydrogen-bond acceptors (Lipinski definition) is 8. The van der Waals surface area contributed by atoms with E-state index in [4.69, 9.17) is 22.8 Å². The molecule has 0 saturated carbocycles. The van der Waals surface area contributed by atoms with Crippen LogP contribution in [0.25, 0.3) is 0 Å². The smallest absolute Gasteiger partial charge is 0.466 e. The van der Waals surface area contributed by atoms with E-state index in [1.165, 1.54) is 21.3 Å². The summed E-state index contributed by atoms with van der Waals surface area (Å²) in [6.07, 6.45) is 0.450. The molecule has 0 aromatic rings. The predicted molar refractivity (Wildman–Crippen MR) is 85.7 cm³/mol. The van der Waals surface area contributed by atoms with E-state index in [1.807, 2.05) is 6.92 Å². The average Bonchev–Trinajstić information content (AvgIpc) is 2.55. The Kier molecular flexibility index (Phi) is 11.0. The van der Waals surface area contributed by atoms with Crippen LogP contribution in [0.2, 0.25) is 0 Å². The van der Waals surface area contributed by atoms with Crippen LogP contribution in [0.15, 0.2) is 0 Å². The first-order chi connectivity index (χ1) is 10.9. The highest BCUT2D eigenvalue weighted by Gasteiger charge is 2.48. The van der Waals surface area contributed by atoms with Gasteiger partial charge in [-0.1, -0.05) is 6.92 Å². The minimum absolute atomic E-state index is 0.134. The van der Waals surface area contributed by atoms with Gasteiger partial charge in [-0.15, -0.1) is 0 Å². The molecule has 0 aliphatic heterocycles. The summed E-state index contributed by atoms with van der Waals surface area (Å²) in [5.41, 5.74) is -0.369. The Morgan fingerprint density at radius 2 is 1.48 bits per heavy atom. The summed E-state index contributed by atoms with van der Waals surface area (Å²) in [4.78, 5) is 23.9. The number of nitrogens with one attached hydrogen (secondary N) is 1. The first-order valence-electron chi connectivity index (χ1n) is 7.68. The zero-order valence-corrected chi connectivity index (χ0v) is 15.8. The molecule has 0 spiro atoms. The zero-order valence-electron chi connectivity index (χ0n) is 14.8. The van der Waals surface area contributed by atoms with E-state index in [-0.39, 0.29) is 25.3 Å². The number of esters is 2. The van der Waals surface area contributed by atoms with E-state index >= 15 is 0 Å². The van der Waals surface area contributed by atoms with E-state index < -0.39 is 26.8 Å². The average molecular weight is 351 g/mol. The van der Waals surface area contributed by atoms with Crippen molar-refractivity contribution in [2.75, 3.05) is 34.5 Å². The van der Waals surface area contributed by atoms with E-state index in [2.05, 4.69) is 5.32 Å². The monoisotopic (exact) mass is 351 g/mol. The molecule has 0 saturated heterocycles. The van der Waals surface area contributed by atoms with Crippen LogP contribution < -0.4 is 5.32 Å². The summed E-state index contributed by atoms with van der Waals surface area (Å²) in [5, 5.41) is 3.08. The molecule has 0 aliphatic rings. The van der Waals surface area contributed by atoms with Crippen LogP contribution >= 0.6 is 0 Å². The quantitative estimate of drug-likeness (QED) is 0.405. The van der Waals surface area contributed by atoms with Crippen molar-refractivity contribution < 1.29 is 32.3 Å². The van der Waals surface area contributed by atoms with Crippen LogP contribution in [0.3, 0.4) is 0 Å². The predicted octanol–water partition coefficient (Wildman–Crippen LogP) is 0.657. The summed E-state index contributed by atoms with van der Waals surface area (Å²) < 4.78 is 26.3. The van der Waals surface area contributed by atoms with E-state index in [0.29, 0.717) is 6.42 Å². The maximum atomic E-state index is 12.1. The molecule has 23 heavy (non-hydrogen) atoms. The summed E-state index contributed by atoms with van der Waals surface area (Å²) in [6.45, 7) is 5.78. The molecule has 0 heterocycles. The fraction of sp³-hybridized carbons (Fsp3) is 0.857. The Labute approximate surface area is 139 Å². The normalized spacial score (nSPS) is 14.2. The molecule has 8 nitrogen and oxygen atoms in total. The van der Waals surface area contributed by atoms with Crippen molar-refractivity contribution in [1.82, 2.24) is 5.32 Å². The summed E-state index contributed by atoms with van der Waals surface area (Å²) >= 11 is 0. The van der Waals surface area contributed by atoms with E-state index in [1.54, 1.807) is 13.8 Å². The molecule has 136 valence electrons. The molecule has 0 fully saturated rings. The third-order valence-corrected chi connectivity index (χ3v) is 6.47. The van der Waals surface area contributed by atoms with Crippen LogP contribution in [0, 0.1) is 0 Å². The van der Waals surface area contributed by atoms with Crippen molar-refractivity contribution in [1.29, 1.82) is 0 Å². The number of hydrogen-bond donors (Lipinski definition) is 1. The summed E-state index contributed by atoms with van der Waals surface area (Å²) in [5.74, 6) is -1.00. The van der Waals surface area contributed by atoms with Gasteiger partial charge in [0.05, 0.1) is 25.3 Å². The molecule has 0 aromatic heterocycles. The molecule has 9 heteroatoms. The van der Waals surface area contributed by atoms with Gasteiger partial charge in [-0.05, 0) is 20.3 Å². The molecule has 0 aliphatic carbocycles. The zero-order chi connectivity index (χ0) is 17.9. The van der Waals surface area contributed by atoms with Crippen LogP contribution in [-0.4, -0.2) is 67.0 Å². The molecule has 2 atom stereocenters. The molecule has 0 bridgehead atoms. The van der Waals surface area contributed by atoms with Crippen LogP contribution in [0.4, 0.5) is 0 Å². The first kappa shape index (κ1) is 22.0. The van der Waals surface area contributed by atoms with E-state index in [9.17, 15) is 9.59 Å². The van der Waals surface area contributed by atoms with Crippen LogP contribution in [-0.2, 0) is 32.3 Å². The van der Waals surface area contributed by atoms with Crippen LogP contribution in [0.1, 0.15) is 33.6 Å². The van der Waals surface area contributed by atoms with Crippen LogP contribution in [0.5, 0.6) is 0 Å². The van der Waals surface area contributed by atoms with Crippen molar-refractivity contribution in [2.45, 2.75) is 45.3 Å². The first-order valence-corrected chi connectivity index (χ1v) is 9.48. The highest BCUT2D eigenvalue weighted by Crippen LogP contribution is 2.16.